The Morgan fingerprint density at radius 1 is 0.444 bits per heavy atom. The standard InChI is InChI=1S/C54H40/c1-4-5-19-38(2)43(34-40-20-9-6-10-21-40)31-30-39(3)53-48-28-17-18-29-49(48)54(52-36-45-27-16-15-26-44(45)35-51(52)53)46-32-33-47(41-22-11-7-12-23-41)50(37-46)42-24-13-8-14-25-42/h4-37H,1-3H2. The molecular weight excluding hydrogens is 649 g/mol. The zero-order valence-corrected chi connectivity index (χ0v) is 30.3. The Morgan fingerprint density at radius 3 is 1.69 bits per heavy atom. The summed E-state index contributed by atoms with van der Waals surface area (Å²) in [4.78, 5) is 0. The fraction of sp³-hybridized carbons (Fsp3) is 0. The second kappa shape index (κ2) is 15.3. The topological polar surface area (TPSA) is 0 Å². The molecule has 0 bridgehead atoms. The smallest absolute Gasteiger partial charge is 0.00259 e. The molecule has 8 aromatic rings. The maximum absolute atomic E-state index is 4.73. The molecule has 0 amide bonds. The van der Waals surface area contributed by atoms with Gasteiger partial charge in [0.05, 0.1) is 0 Å². The summed E-state index contributed by atoms with van der Waals surface area (Å²) in [6.07, 6.45) is 12.1. The summed E-state index contributed by atoms with van der Waals surface area (Å²) in [5.74, 6) is 0. The van der Waals surface area contributed by atoms with Gasteiger partial charge in [0.25, 0.3) is 0 Å². The van der Waals surface area contributed by atoms with Gasteiger partial charge in [0, 0.05) is 0 Å². The zero-order valence-electron chi connectivity index (χ0n) is 30.3. The predicted octanol–water partition coefficient (Wildman–Crippen LogP) is 15.1. The monoisotopic (exact) mass is 688 g/mol. The SMILES string of the molecule is C=CC=CC(=C)C(C=CC(=C)c1c2ccccc2c(-c2ccc(-c3ccccc3)c(-c3ccccc3)c2)c2cc3ccccc3cc12)=Cc1ccccc1. The third-order valence-corrected chi connectivity index (χ3v) is 10.1. The van der Waals surface area contributed by atoms with E-state index in [0.717, 1.165) is 33.2 Å². The van der Waals surface area contributed by atoms with Gasteiger partial charge in [-0.05, 0) is 118 Å². The van der Waals surface area contributed by atoms with Crippen molar-refractivity contribution in [1.82, 2.24) is 0 Å². The van der Waals surface area contributed by atoms with Crippen LogP contribution in [0.3, 0.4) is 0 Å². The lowest BCUT2D eigenvalue weighted by Gasteiger charge is -2.20. The Labute approximate surface area is 318 Å². The van der Waals surface area contributed by atoms with Crippen molar-refractivity contribution in [2.24, 2.45) is 0 Å². The molecule has 0 heteroatoms. The van der Waals surface area contributed by atoms with Gasteiger partial charge in [0.15, 0.2) is 0 Å². The molecule has 0 saturated carbocycles. The van der Waals surface area contributed by atoms with Crippen LogP contribution in [-0.4, -0.2) is 0 Å². The molecule has 0 aromatic heterocycles. The number of fused-ring (bicyclic) bond motifs is 3. The minimum absolute atomic E-state index is 0.895. The maximum atomic E-state index is 4.73. The Balaban J connectivity index is 1.37. The Kier molecular flexibility index (Phi) is 9.66. The molecule has 0 saturated heterocycles. The van der Waals surface area contributed by atoms with Crippen molar-refractivity contribution in [2.75, 3.05) is 0 Å². The van der Waals surface area contributed by atoms with Crippen LogP contribution in [0.4, 0.5) is 0 Å². The van der Waals surface area contributed by atoms with Gasteiger partial charge in [-0.3, -0.25) is 0 Å². The van der Waals surface area contributed by atoms with Crippen LogP contribution >= 0.6 is 0 Å². The summed E-state index contributed by atoms with van der Waals surface area (Å²) >= 11 is 0. The average Bonchev–Trinajstić information content (AvgIpc) is 3.23. The first-order valence-corrected chi connectivity index (χ1v) is 18.3. The Morgan fingerprint density at radius 2 is 1.02 bits per heavy atom. The van der Waals surface area contributed by atoms with E-state index in [-0.39, 0.29) is 0 Å². The Bertz CT molecular complexity index is 2770. The van der Waals surface area contributed by atoms with Crippen molar-refractivity contribution < 1.29 is 0 Å². The summed E-state index contributed by atoms with van der Waals surface area (Å²) in [6.45, 7) is 13.0. The van der Waals surface area contributed by atoms with Gasteiger partial charge in [-0.1, -0.05) is 202 Å². The van der Waals surface area contributed by atoms with Crippen LogP contribution in [-0.2, 0) is 0 Å². The highest BCUT2D eigenvalue weighted by Crippen LogP contribution is 2.45. The Hall–Kier alpha value is -7.02. The number of benzene rings is 8. The van der Waals surface area contributed by atoms with E-state index < -0.39 is 0 Å². The summed E-state index contributed by atoms with van der Waals surface area (Å²) < 4.78 is 0. The van der Waals surface area contributed by atoms with E-state index in [4.69, 9.17) is 6.58 Å². The van der Waals surface area contributed by atoms with E-state index in [1.165, 1.54) is 60.3 Å². The highest BCUT2D eigenvalue weighted by atomic mass is 14.2. The van der Waals surface area contributed by atoms with Crippen LogP contribution in [0.1, 0.15) is 11.1 Å². The van der Waals surface area contributed by atoms with Gasteiger partial charge in [-0.15, -0.1) is 0 Å². The van der Waals surface area contributed by atoms with E-state index in [1.54, 1.807) is 6.08 Å². The molecule has 0 aliphatic carbocycles. The molecule has 54 heavy (non-hydrogen) atoms. The van der Waals surface area contributed by atoms with Crippen LogP contribution < -0.4 is 0 Å². The summed E-state index contributed by atoms with van der Waals surface area (Å²) in [6, 6.07) is 60.8. The van der Waals surface area contributed by atoms with Crippen molar-refractivity contribution in [1.29, 1.82) is 0 Å². The number of allylic oxidation sites excluding steroid dienone is 8. The second-order valence-corrected chi connectivity index (χ2v) is 13.5. The van der Waals surface area contributed by atoms with Gasteiger partial charge < -0.3 is 0 Å². The number of rotatable bonds is 10. The average molecular weight is 689 g/mol. The van der Waals surface area contributed by atoms with Crippen molar-refractivity contribution in [3.63, 3.8) is 0 Å². The summed E-state index contributed by atoms with van der Waals surface area (Å²) in [5, 5.41) is 7.12. The fourth-order valence-electron chi connectivity index (χ4n) is 7.48. The number of hydrogen-bond donors (Lipinski definition) is 0. The first kappa shape index (κ1) is 34.1. The molecule has 0 atom stereocenters. The quantitative estimate of drug-likeness (QED) is 0.0991. The van der Waals surface area contributed by atoms with Crippen LogP contribution in [0.15, 0.2) is 231 Å². The second-order valence-electron chi connectivity index (χ2n) is 13.5. The normalized spacial score (nSPS) is 11.9. The molecule has 256 valence electrons. The molecule has 0 N–H and O–H groups in total. The lowest BCUT2D eigenvalue weighted by atomic mass is 9.83. The lowest BCUT2D eigenvalue weighted by Crippen LogP contribution is -1.94. The fourth-order valence-corrected chi connectivity index (χ4v) is 7.48. The molecule has 8 aromatic carbocycles. The minimum Gasteiger partial charge on any atom is -0.0991 e. The molecule has 0 aliphatic heterocycles. The predicted molar refractivity (Wildman–Crippen MR) is 236 cm³/mol. The van der Waals surface area contributed by atoms with Crippen LogP contribution in [0.2, 0.25) is 0 Å². The molecule has 0 aliphatic rings. The van der Waals surface area contributed by atoms with Crippen LogP contribution in [0.5, 0.6) is 0 Å². The van der Waals surface area contributed by atoms with E-state index in [1.807, 2.05) is 18.2 Å². The van der Waals surface area contributed by atoms with Gasteiger partial charge in [0.1, 0.15) is 0 Å². The number of hydrogen-bond acceptors (Lipinski definition) is 0. The molecule has 0 fully saturated rings. The van der Waals surface area contributed by atoms with Crippen molar-refractivity contribution in [3.8, 4) is 33.4 Å². The van der Waals surface area contributed by atoms with Gasteiger partial charge in [-0.2, -0.15) is 0 Å². The van der Waals surface area contributed by atoms with E-state index in [2.05, 4.69) is 195 Å². The third-order valence-electron chi connectivity index (χ3n) is 10.1. The van der Waals surface area contributed by atoms with E-state index in [9.17, 15) is 0 Å². The molecule has 0 heterocycles. The lowest BCUT2D eigenvalue weighted by molar-refractivity contribution is 1.57. The van der Waals surface area contributed by atoms with Crippen LogP contribution in [0.25, 0.3) is 77.3 Å². The van der Waals surface area contributed by atoms with Gasteiger partial charge in [-0.25, -0.2) is 0 Å². The third kappa shape index (κ3) is 6.82. The summed E-state index contributed by atoms with van der Waals surface area (Å²) in [7, 11) is 0. The first-order chi connectivity index (χ1) is 26.6. The molecule has 0 unspecified atom stereocenters. The molecular formula is C54H40. The van der Waals surface area contributed by atoms with Crippen LogP contribution in [0, 0.1) is 0 Å². The summed E-state index contributed by atoms with van der Waals surface area (Å²) in [5.41, 5.74) is 12.3. The minimum atomic E-state index is 0.895. The molecule has 0 spiro atoms. The highest BCUT2D eigenvalue weighted by molar-refractivity contribution is 6.22. The van der Waals surface area contributed by atoms with Gasteiger partial charge in [0.2, 0.25) is 0 Å². The molecule has 8 rings (SSSR count). The highest BCUT2D eigenvalue weighted by Gasteiger charge is 2.19. The van der Waals surface area contributed by atoms with Gasteiger partial charge >= 0.3 is 0 Å². The largest absolute Gasteiger partial charge is 0.0991 e. The van der Waals surface area contributed by atoms with E-state index in [0.29, 0.717) is 0 Å². The van der Waals surface area contributed by atoms with Crippen molar-refractivity contribution in [2.45, 2.75) is 0 Å². The van der Waals surface area contributed by atoms with E-state index >= 15 is 0 Å². The maximum Gasteiger partial charge on any atom is -0.00259 e. The zero-order chi connectivity index (χ0) is 36.9. The molecule has 0 nitrogen and oxygen atoms in total. The van der Waals surface area contributed by atoms with Crippen molar-refractivity contribution in [3.05, 3.63) is 242 Å². The van der Waals surface area contributed by atoms with Crippen molar-refractivity contribution >= 4 is 44.0 Å². The first-order valence-electron chi connectivity index (χ1n) is 18.3. The molecule has 0 radical (unpaired) electrons.